The molecule has 0 bridgehead atoms. The first-order valence-corrected chi connectivity index (χ1v) is 31.1. The van der Waals surface area contributed by atoms with E-state index in [-0.39, 0.29) is 32.6 Å². The van der Waals surface area contributed by atoms with E-state index in [0.29, 0.717) is 37.0 Å². The first kappa shape index (κ1) is 67.4. The second-order valence-corrected chi connectivity index (χ2v) is 22.8. The molecule has 6 aromatic rings. The Kier molecular flexibility index (Phi) is 31.2. The minimum absolute atomic E-state index is 0. The zero-order valence-electron chi connectivity index (χ0n) is 49.6. The molecule has 9 rings (SSSR count). The van der Waals surface area contributed by atoms with Gasteiger partial charge in [0.2, 0.25) is 17.7 Å². The maximum atomic E-state index is 12.6. The summed E-state index contributed by atoms with van der Waals surface area (Å²) in [6, 6.07) is 62.7. The van der Waals surface area contributed by atoms with Crippen LogP contribution in [0, 0.1) is 17.8 Å². The van der Waals surface area contributed by atoms with Crippen LogP contribution >= 0.6 is 0 Å². The van der Waals surface area contributed by atoms with Gasteiger partial charge < -0.3 is 29.4 Å². The van der Waals surface area contributed by atoms with Gasteiger partial charge in [-0.3, -0.25) is 14.4 Å². The fourth-order valence-corrected chi connectivity index (χ4v) is 12.0. The second-order valence-electron chi connectivity index (χ2n) is 22.8. The fourth-order valence-electron chi connectivity index (χ4n) is 12.0. The number of hydrogen-bond donors (Lipinski definition) is 0. The minimum atomic E-state index is 0. The topological polar surface area (TPSA) is 70.7 Å². The highest BCUT2D eigenvalue weighted by atomic mass is 16.2. The lowest BCUT2D eigenvalue weighted by molar-refractivity contribution is -0.119. The van der Waals surface area contributed by atoms with Gasteiger partial charge in [-0.05, 0) is 148 Å². The number of likely N-dealkylation sites (tertiary alicyclic amines) is 3. The van der Waals surface area contributed by atoms with Gasteiger partial charge >= 0.3 is 0 Å². The van der Waals surface area contributed by atoms with Crippen molar-refractivity contribution in [2.75, 3.05) is 93.2 Å². The lowest BCUT2D eigenvalue weighted by atomic mass is 10.0. The summed E-state index contributed by atoms with van der Waals surface area (Å²) in [5, 5.41) is 0. The monoisotopic (exact) mass is 1120 g/mol. The summed E-state index contributed by atoms with van der Waals surface area (Å²) in [7, 11) is 0. The van der Waals surface area contributed by atoms with Crippen molar-refractivity contribution in [3.05, 3.63) is 199 Å². The van der Waals surface area contributed by atoms with Crippen LogP contribution in [0.2, 0.25) is 0 Å². The summed E-state index contributed by atoms with van der Waals surface area (Å²) in [6.45, 7) is 18.5. The van der Waals surface area contributed by atoms with Gasteiger partial charge in [0.25, 0.3) is 0 Å². The molecular formula is C74H104N6O3. The van der Waals surface area contributed by atoms with Gasteiger partial charge in [0, 0.05) is 95.2 Å². The van der Waals surface area contributed by atoms with Crippen molar-refractivity contribution in [2.45, 2.75) is 132 Å². The maximum Gasteiger partial charge on any atom is 0.226 e. The van der Waals surface area contributed by atoms with Crippen molar-refractivity contribution < 1.29 is 14.4 Å². The quantitative estimate of drug-likeness (QED) is 0.0715. The van der Waals surface area contributed by atoms with Gasteiger partial charge in [-0.2, -0.15) is 0 Å². The molecule has 448 valence electrons. The van der Waals surface area contributed by atoms with Gasteiger partial charge in [0.15, 0.2) is 0 Å². The summed E-state index contributed by atoms with van der Waals surface area (Å²) < 4.78 is 0. The molecule has 0 aromatic heterocycles. The number of amides is 3. The summed E-state index contributed by atoms with van der Waals surface area (Å²) in [6.07, 6.45) is 16.2. The average Bonchev–Trinajstić information content (AvgIpc) is 4.04. The molecule has 3 aliphatic heterocycles. The number of hydrogen-bond acceptors (Lipinski definition) is 6. The molecule has 0 saturated carbocycles. The van der Waals surface area contributed by atoms with Gasteiger partial charge in [-0.1, -0.05) is 200 Å². The number of anilines is 3. The van der Waals surface area contributed by atoms with Crippen LogP contribution in [-0.2, 0) is 33.6 Å². The molecule has 3 heterocycles. The van der Waals surface area contributed by atoms with Crippen molar-refractivity contribution >= 4 is 34.8 Å². The molecule has 3 atom stereocenters. The molecule has 83 heavy (non-hydrogen) atoms. The highest BCUT2D eigenvalue weighted by Crippen LogP contribution is 2.26. The standard InChI is InChI=1S/3C24H32N2O.2CH4/c3*1-2-24(27)26(23-14-7-4-8-15-23)20-22-13-9-10-17-25(19-22)18-16-21-11-5-3-6-12-21;;/h3*3-8,11-12,14-15,22H,2,9-10,13,16-20H2,1H3;2*1H4. The maximum absolute atomic E-state index is 12.6. The Morgan fingerprint density at radius 1 is 0.349 bits per heavy atom. The van der Waals surface area contributed by atoms with Gasteiger partial charge in [-0.25, -0.2) is 0 Å². The number of nitrogens with zero attached hydrogens (tertiary/aromatic N) is 6. The predicted molar refractivity (Wildman–Crippen MR) is 353 cm³/mol. The number of carbonyl (C=O) groups is 3. The van der Waals surface area contributed by atoms with Crippen LogP contribution in [0.5, 0.6) is 0 Å². The molecule has 0 radical (unpaired) electrons. The van der Waals surface area contributed by atoms with E-state index in [9.17, 15) is 14.4 Å². The zero-order valence-corrected chi connectivity index (χ0v) is 49.6. The van der Waals surface area contributed by atoms with E-state index in [4.69, 9.17) is 0 Å². The molecule has 0 aliphatic carbocycles. The highest BCUT2D eigenvalue weighted by Gasteiger charge is 2.27. The molecular weight excluding hydrogens is 1020 g/mol. The summed E-state index contributed by atoms with van der Waals surface area (Å²) in [5.74, 6) is 2.29. The van der Waals surface area contributed by atoms with E-state index in [2.05, 4.69) is 142 Å². The molecule has 3 unspecified atom stereocenters. The van der Waals surface area contributed by atoms with E-state index in [1.165, 1.54) is 94.1 Å². The van der Waals surface area contributed by atoms with Gasteiger partial charge in [0.05, 0.1) is 0 Å². The first-order chi connectivity index (χ1) is 39.8. The van der Waals surface area contributed by atoms with Crippen LogP contribution in [0.3, 0.4) is 0 Å². The number of para-hydroxylation sites is 3. The number of carbonyl (C=O) groups excluding carboxylic acids is 3. The highest BCUT2D eigenvalue weighted by molar-refractivity contribution is 5.94. The second kappa shape index (κ2) is 38.5. The van der Waals surface area contributed by atoms with Crippen LogP contribution in [0.1, 0.15) is 129 Å². The molecule has 3 amide bonds. The zero-order chi connectivity index (χ0) is 56.7. The smallest absolute Gasteiger partial charge is 0.226 e. The van der Waals surface area contributed by atoms with E-state index >= 15 is 0 Å². The van der Waals surface area contributed by atoms with Crippen molar-refractivity contribution in [1.82, 2.24) is 14.7 Å². The van der Waals surface area contributed by atoms with Crippen LogP contribution in [0.4, 0.5) is 17.1 Å². The molecule has 0 spiro atoms. The van der Waals surface area contributed by atoms with Crippen LogP contribution in [0.15, 0.2) is 182 Å². The van der Waals surface area contributed by atoms with Crippen molar-refractivity contribution in [3.63, 3.8) is 0 Å². The van der Waals surface area contributed by atoms with Crippen molar-refractivity contribution in [2.24, 2.45) is 17.8 Å². The Morgan fingerprint density at radius 3 is 0.807 bits per heavy atom. The molecule has 9 heteroatoms. The van der Waals surface area contributed by atoms with Crippen LogP contribution < -0.4 is 14.7 Å². The van der Waals surface area contributed by atoms with E-state index in [0.717, 1.165) is 95.2 Å². The predicted octanol–water partition coefficient (Wildman–Crippen LogP) is 15.6. The van der Waals surface area contributed by atoms with Crippen molar-refractivity contribution in [1.29, 1.82) is 0 Å². The van der Waals surface area contributed by atoms with Crippen LogP contribution in [0.25, 0.3) is 0 Å². The number of rotatable bonds is 21. The van der Waals surface area contributed by atoms with E-state index in [1.807, 2.05) is 90.1 Å². The molecule has 3 aliphatic rings. The lowest BCUT2D eigenvalue weighted by Gasteiger charge is -2.30. The third-order valence-corrected chi connectivity index (χ3v) is 16.6. The van der Waals surface area contributed by atoms with E-state index < -0.39 is 0 Å². The van der Waals surface area contributed by atoms with Gasteiger partial charge in [-0.15, -0.1) is 0 Å². The Hall–Kier alpha value is -6.39. The van der Waals surface area contributed by atoms with Crippen LogP contribution in [-0.4, -0.2) is 111 Å². The SMILES string of the molecule is C.C.CCC(=O)N(CC1CCCCN(CCc2ccccc2)C1)c1ccccc1.CCC(=O)N(CC1CCCCN(CCc2ccccc2)C1)c1ccccc1.CCC(=O)N(CC1CCCCN(CCc2ccccc2)C1)c1ccccc1. The van der Waals surface area contributed by atoms with E-state index in [1.54, 1.807) is 0 Å². The molecule has 6 aromatic carbocycles. The molecule has 3 fully saturated rings. The largest absolute Gasteiger partial charge is 0.312 e. The molecule has 9 nitrogen and oxygen atoms in total. The molecule has 0 N–H and O–H groups in total. The Balaban J connectivity index is 0.000000225. The minimum Gasteiger partial charge on any atom is -0.312 e. The molecule has 3 saturated heterocycles. The van der Waals surface area contributed by atoms with Crippen molar-refractivity contribution in [3.8, 4) is 0 Å². The summed E-state index contributed by atoms with van der Waals surface area (Å²) in [4.78, 5) is 51.6. The first-order valence-electron chi connectivity index (χ1n) is 31.1. The number of benzene rings is 6. The average molecular weight is 1130 g/mol. The summed E-state index contributed by atoms with van der Waals surface area (Å²) >= 11 is 0. The normalized spacial score (nSPS) is 17.6. The third kappa shape index (κ3) is 23.7. The van der Waals surface area contributed by atoms with Gasteiger partial charge in [0.1, 0.15) is 0 Å². The fraction of sp³-hybridized carbons (Fsp3) is 0.473. The summed E-state index contributed by atoms with van der Waals surface area (Å²) in [5.41, 5.74) is 7.32. The Morgan fingerprint density at radius 2 is 0.578 bits per heavy atom. The lowest BCUT2D eigenvalue weighted by Crippen LogP contribution is -2.39. The Bertz CT molecular complexity index is 2350. The third-order valence-electron chi connectivity index (χ3n) is 16.6. The Labute approximate surface area is 503 Å².